The van der Waals surface area contributed by atoms with E-state index in [-0.39, 0.29) is 18.0 Å². The number of aromatic amines is 1. The lowest BCUT2D eigenvalue weighted by molar-refractivity contribution is 0.0926. The molecule has 4 N–H and O–H groups in total. The van der Waals surface area contributed by atoms with Gasteiger partial charge in [0, 0.05) is 28.0 Å². The Morgan fingerprint density at radius 2 is 2.10 bits per heavy atom. The molecular weight excluding hydrogens is 274 g/mol. The standard InChI is InChI=1S/C15H16ClN3O/c16-10-5-6-12-9(7-10)8-14(18-12)15(20)19-13-4-2-1-3-11(13)17/h1-2,5-8,11,13,18H,3-4,17H2,(H,19,20)/t11-,13+/m0/s1. The highest BCUT2D eigenvalue weighted by Crippen LogP contribution is 2.20. The normalized spacial score (nSPS) is 22.1. The van der Waals surface area contributed by atoms with Crippen LogP contribution in [0.3, 0.4) is 0 Å². The monoisotopic (exact) mass is 289 g/mol. The molecule has 1 aromatic carbocycles. The Morgan fingerprint density at radius 3 is 2.90 bits per heavy atom. The number of hydrogen-bond donors (Lipinski definition) is 3. The molecule has 5 heteroatoms. The maximum atomic E-state index is 12.3. The number of aromatic nitrogens is 1. The predicted molar refractivity (Wildman–Crippen MR) is 80.9 cm³/mol. The van der Waals surface area contributed by atoms with Gasteiger partial charge in [0.15, 0.2) is 0 Å². The Labute approximate surface area is 122 Å². The second kappa shape index (κ2) is 5.31. The fourth-order valence-electron chi connectivity index (χ4n) is 2.47. The van der Waals surface area contributed by atoms with E-state index < -0.39 is 0 Å². The number of halogens is 1. The number of H-pyrrole nitrogens is 1. The van der Waals surface area contributed by atoms with Crippen molar-refractivity contribution in [1.29, 1.82) is 0 Å². The summed E-state index contributed by atoms with van der Waals surface area (Å²) in [6, 6.07) is 7.26. The Bertz CT molecular complexity index is 677. The molecule has 4 nitrogen and oxygen atoms in total. The molecule has 1 aliphatic carbocycles. The first kappa shape index (κ1) is 13.2. The van der Waals surface area contributed by atoms with E-state index in [0.717, 1.165) is 23.7 Å². The fourth-order valence-corrected chi connectivity index (χ4v) is 2.65. The number of nitrogens with two attached hydrogens (primary N) is 1. The van der Waals surface area contributed by atoms with E-state index in [1.807, 2.05) is 12.1 Å². The lowest BCUT2D eigenvalue weighted by atomic mass is 9.97. The van der Waals surface area contributed by atoms with Gasteiger partial charge in [-0.3, -0.25) is 4.79 Å². The zero-order valence-corrected chi connectivity index (χ0v) is 11.7. The van der Waals surface area contributed by atoms with Crippen molar-refractivity contribution >= 4 is 28.4 Å². The summed E-state index contributed by atoms with van der Waals surface area (Å²) in [6.45, 7) is 0. The Kier molecular flexibility index (Phi) is 3.51. The van der Waals surface area contributed by atoms with Crippen LogP contribution in [-0.4, -0.2) is 23.0 Å². The van der Waals surface area contributed by atoms with Crippen molar-refractivity contribution in [1.82, 2.24) is 10.3 Å². The van der Waals surface area contributed by atoms with Crippen LogP contribution < -0.4 is 11.1 Å². The van der Waals surface area contributed by atoms with Crippen LogP contribution in [-0.2, 0) is 0 Å². The largest absolute Gasteiger partial charge is 0.351 e. The Balaban J connectivity index is 1.80. The van der Waals surface area contributed by atoms with Gasteiger partial charge < -0.3 is 16.0 Å². The number of benzene rings is 1. The van der Waals surface area contributed by atoms with Gasteiger partial charge in [-0.2, -0.15) is 0 Å². The molecule has 2 atom stereocenters. The van der Waals surface area contributed by atoms with E-state index in [1.165, 1.54) is 0 Å². The summed E-state index contributed by atoms with van der Waals surface area (Å²) in [7, 11) is 0. The van der Waals surface area contributed by atoms with Crippen molar-refractivity contribution in [3.05, 3.63) is 47.1 Å². The molecule has 1 aliphatic rings. The summed E-state index contributed by atoms with van der Waals surface area (Å²) in [5.41, 5.74) is 7.43. The van der Waals surface area contributed by atoms with Crippen molar-refractivity contribution in [2.45, 2.75) is 24.9 Å². The van der Waals surface area contributed by atoms with Crippen LogP contribution >= 0.6 is 11.6 Å². The molecule has 0 spiro atoms. The highest BCUT2D eigenvalue weighted by atomic mass is 35.5. The van der Waals surface area contributed by atoms with Gasteiger partial charge in [0.2, 0.25) is 0 Å². The molecule has 0 saturated carbocycles. The van der Waals surface area contributed by atoms with E-state index >= 15 is 0 Å². The van der Waals surface area contributed by atoms with Crippen LogP contribution in [0.1, 0.15) is 23.3 Å². The molecule has 0 radical (unpaired) electrons. The number of fused-ring (bicyclic) bond motifs is 1. The molecule has 3 rings (SSSR count). The zero-order valence-electron chi connectivity index (χ0n) is 10.9. The lowest BCUT2D eigenvalue weighted by Gasteiger charge is -2.25. The summed E-state index contributed by atoms with van der Waals surface area (Å²) in [4.78, 5) is 15.4. The highest BCUT2D eigenvalue weighted by molar-refractivity contribution is 6.31. The summed E-state index contributed by atoms with van der Waals surface area (Å²) >= 11 is 5.94. The van der Waals surface area contributed by atoms with Gasteiger partial charge in [-0.15, -0.1) is 0 Å². The van der Waals surface area contributed by atoms with E-state index in [4.69, 9.17) is 17.3 Å². The number of nitrogens with one attached hydrogen (secondary N) is 2. The zero-order chi connectivity index (χ0) is 14.1. The number of amides is 1. The average Bonchev–Trinajstić information content (AvgIpc) is 2.84. The maximum absolute atomic E-state index is 12.3. The predicted octanol–water partition coefficient (Wildman–Crippen LogP) is 2.60. The Morgan fingerprint density at radius 1 is 1.30 bits per heavy atom. The van der Waals surface area contributed by atoms with E-state index in [1.54, 1.807) is 12.1 Å². The molecule has 0 aliphatic heterocycles. The molecule has 104 valence electrons. The van der Waals surface area contributed by atoms with Crippen molar-refractivity contribution in [3.8, 4) is 0 Å². The summed E-state index contributed by atoms with van der Waals surface area (Å²) in [5.74, 6) is -0.131. The first-order valence-electron chi connectivity index (χ1n) is 6.63. The van der Waals surface area contributed by atoms with Crippen LogP contribution in [0.5, 0.6) is 0 Å². The van der Waals surface area contributed by atoms with E-state index in [9.17, 15) is 4.79 Å². The van der Waals surface area contributed by atoms with E-state index in [0.29, 0.717) is 10.7 Å². The topological polar surface area (TPSA) is 70.9 Å². The molecule has 0 bridgehead atoms. The maximum Gasteiger partial charge on any atom is 0.268 e. The summed E-state index contributed by atoms with van der Waals surface area (Å²) < 4.78 is 0. The van der Waals surface area contributed by atoms with Crippen LogP contribution in [0.2, 0.25) is 5.02 Å². The van der Waals surface area contributed by atoms with E-state index in [2.05, 4.69) is 22.5 Å². The molecule has 2 aromatic rings. The molecule has 0 unspecified atom stereocenters. The van der Waals surface area contributed by atoms with Crippen LogP contribution in [0, 0.1) is 0 Å². The molecular formula is C15H16ClN3O. The van der Waals surface area contributed by atoms with Crippen LogP contribution in [0.15, 0.2) is 36.4 Å². The van der Waals surface area contributed by atoms with Crippen LogP contribution in [0.4, 0.5) is 0 Å². The lowest BCUT2D eigenvalue weighted by Crippen LogP contribution is -2.48. The first-order chi connectivity index (χ1) is 9.63. The van der Waals surface area contributed by atoms with Gasteiger partial charge in [0.25, 0.3) is 5.91 Å². The SMILES string of the molecule is N[C@H]1CC=CC[C@H]1NC(=O)c1cc2cc(Cl)ccc2[nH]1. The number of carbonyl (C=O) groups is 1. The van der Waals surface area contributed by atoms with Gasteiger partial charge in [-0.05, 0) is 37.1 Å². The van der Waals surface area contributed by atoms with Gasteiger partial charge >= 0.3 is 0 Å². The smallest absolute Gasteiger partial charge is 0.268 e. The van der Waals surface area contributed by atoms with Gasteiger partial charge in [-0.25, -0.2) is 0 Å². The minimum Gasteiger partial charge on any atom is -0.351 e. The van der Waals surface area contributed by atoms with Crippen molar-refractivity contribution in [3.63, 3.8) is 0 Å². The second-order valence-corrected chi connectivity index (χ2v) is 5.54. The minimum atomic E-state index is -0.131. The minimum absolute atomic E-state index is 0.0116. The molecule has 1 amide bonds. The summed E-state index contributed by atoms with van der Waals surface area (Å²) in [5, 5.41) is 4.56. The molecule has 0 fully saturated rings. The van der Waals surface area contributed by atoms with Crippen LogP contribution in [0.25, 0.3) is 10.9 Å². The fraction of sp³-hybridized carbons (Fsp3) is 0.267. The third kappa shape index (κ3) is 2.57. The molecule has 1 aromatic heterocycles. The van der Waals surface area contributed by atoms with Crippen molar-refractivity contribution < 1.29 is 4.79 Å². The molecule has 0 saturated heterocycles. The Hall–Kier alpha value is -1.78. The highest BCUT2D eigenvalue weighted by Gasteiger charge is 2.21. The van der Waals surface area contributed by atoms with Gasteiger partial charge in [0.1, 0.15) is 5.69 Å². The summed E-state index contributed by atoms with van der Waals surface area (Å²) in [6.07, 6.45) is 5.68. The quantitative estimate of drug-likeness (QED) is 0.744. The third-order valence-electron chi connectivity index (χ3n) is 3.63. The van der Waals surface area contributed by atoms with Crippen molar-refractivity contribution in [2.75, 3.05) is 0 Å². The third-order valence-corrected chi connectivity index (χ3v) is 3.86. The van der Waals surface area contributed by atoms with Crippen molar-refractivity contribution in [2.24, 2.45) is 5.73 Å². The average molecular weight is 290 g/mol. The van der Waals surface area contributed by atoms with Gasteiger partial charge in [-0.1, -0.05) is 23.8 Å². The number of hydrogen-bond acceptors (Lipinski definition) is 2. The second-order valence-electron chi connectivity index (χ2n) is 5.10. The van der Waals surface area contributed by atoms with Gasteiger partial charge in [0.05, 0.1) is 0 Å². The first-order valence-corrected chi connectivity index (χ1v) is 7.01. The number of rotatable bonds is 2. The molecule has 1 heterocycles. The number of carbonyl (C=O) groups excluding carboxylic acids is 1. The molecule has 20 heavy (non-hydrogen) atoms.